The van der Waals surface area contributed by atoms with Gasteiger partial charge in [-0.1, -0.05) is 84.9 Å². The Morgan fingerprint density at radius 1 is 0.660 bits per heavy atom. The molecule has 4 aromatic carbocycles. The van der Waals surface area contributed by atoms with E-state index in [1.165, 1.54) is 5.32 Å². The van der Waals surface area contributed by atoms with Crippen LogP contribution in [0.3, 0.4) is 0 Å². The fraction of sp³-hybridized carbons (Fsp3) is 0.222. The van der Waals surface area contributed by atoms with Crippen molar-refractivity contribution < 1.29 is 41.1 Å². The second kappa shape index (κ2) is 13.7. The number of carbonyl (C=O) groups is 4. The molecular weight excluding hydrogens is 661 g/mol. The van der Waals surface area contributed by atoms with Gasteiger partial charge in [-0.25, -0.2) is 0 Å². The number of amides is 4. The summed E-state index contributed by atoms with van der Waals surface area (Å²) in [5, 5.41) is 9.45. The molecule has 14 heteroatoms. The van der Waals surface area contributed by atoms with Gasteiger partial charge in [0.2, 0.25) is 17.7 Å². The van der Waals surface area contributed by atoms with Crippen LogP contribution < -0.4 is 27.0 Å². The average Bonchev–Trinajstić information content (AvgIpc) is 3.27. The van der Waals surface area contributed by atoms with Crippen molar-refractivity contribution in [1.82, 2.24) is 10.6 Å². The largest absolute Gasteiger partial charge is 0.455 e. The zero-order valence-corrected chi connectivity index (χ0v) is 26.7. The maximum absolute atomic E-state index is 13.2. The molecule has 0 radical (unpaired) electrons. The quantitative estimate of drug-likeness (QED) is 0.127. The van der Waals surface area contributed by atoms with Crippen molar-refractivity contribution in [3.8, 4) is 22.3 Å². The van der Waals surface area contributed by atoms with E-state index in [0.29, 0.717) is 22.4 Å². The summed E-state index contributed by atoms with van der Waals surface area (Å²) in [5.74, 6) is -8.32. The highest BCUT2D eigenvalue weighted by molar-refractivity contribution is 6.08. The van der Waals surface area contributed by atoms with Crippen LogP contribution in [0.15, 0.2) is 97.1 Å². The molecular formula is C36H32F5N5O4. The van der Waals surface area contributed by atoms with Gasteiger partial charge in [-0.05, 0) is 48.2 Å². The molecule has 260 valence electrons. The average molecular weight is 694 g/mol. The van der Waals surface area contributed by atoms with Crippen molar-refractivity contribution >= 4 is 35.0 Å². The number of benzene rings is 4. The fourth-order valence-electron chi connectivity index (χ4n) is 5.43. The molecule has 2 atom stereocenters. The molecule has 0 aliphatic carbocycles. The summed E-state index contributed by atoms with van der Waals surface area (Å²) in [4.78, 5) is 50.0. The van der Waals surface area contributed by atoms with Crippen LogP contribution in [-0.2, 0) is 19.2 Å². The van der Waals surface area contributed by atoms with Crippen molar-refractivity contribution in [1.29, 1.82) is 0 Å². The summed E-state index contributed by atoms with van der Waals surface area (Å²) in [7, 11) is 0. The first-order valence-corrected chi connectivity index (χ1v) is 15.3. The number of nitrogens with one attached hydrogen (secondary N) is 4. The lowest BCUT2D eigenvalue weighted by Gasteiger charge is -2.27. The second-order valence-electron chi connectivity index (χ2n) is 12.1. The van der Waals surface area contributed by atoms with Crippen molar-refractivity contribution in [2.75, 3.05) is 17.2 Å². The normalized spacial score (nSPS) is 16.6. The van der Waals surface area contributed by atoms with Gasteiger partial charge in [-0.15, -0.1) is 0 Å². The van der Waals surface area contributed by atoms with E-state index in [0.717, 1.165) is 36.2 Å². The predicted molar refractivity (Wildman–Crippen MR) is 177 cm³/mol. The van der Waals surface area contributed by atoms with E-state index in [1.807, 2.05) is 48.5 Å². The third-order valence-corrected chi connectivity index (χ3v) is 8.36. The lowest BCUT2D eigenvalue weighted by Crippen LogP contribution is -2.54. The molecule has 0 fully saturated rings. The maximum atomic E-state index is 13.2. The number of anilines is 2. The summed E-state index contributed by atoms with van der Waals surface area (Å²) >= 11 is 0. The highest BCUT2D eigenvalue weighted by atomic mass is 19.4. The van der Waals surface area contributed by atoms with Crippen LogP contribution in [0, 0.1) is 5.41 Å². The Labute approximate surface area is 283 Å². The molecule has 2 aliphatic heterocycles. The van der Waals surface area contributed by atoms with Crippen molar-refractivity contribution in [2.45, 2.75) is 38.0 Å². The number of hydrogen-bond donors (Lipinski definition) is 5. The van der Waals surface area contributed by atoms with Gasteiger partial charge in [-0.2, -0.15) is 22.0 Å². The third-order valence-electron chi connectivity index (χ3n) is 8.36. The Balaban J connectivity index is 0.000000237. The highest BCUT2D eigenvalue weighted by Gasteiger charge is 2.57. The lowest BCUT2D eigenvalue weighted by atomic mass is 9.89. The van der Waals surface area contributed by atoms with E-state index in [9.17, 15) is 41.1 Å². The first-order valence-electron chi connectivity index (χ1n) is 15.3. The summed E-state index contributed by atoms with van der Waals surface area (Å²) in [6.45, 7) is 0.0887. The van der Waals surface area contributed by atoms with E-state index in [1.54, 1.807) is 48.5 Å². The van der Waals surface area contributed by atoms with Crippen LogP contribution in [0.4, 0.5) is 33.3 Å². The number of para-hydroxylation sites is 2. The van der Waals surface area contributed by atoms with Gasteiger partial charge < -0.3 is 27.0 Å². The molecule has 6 N–H and O–H groups in total. The molecule has 2 aliphatic rings. The highest BCUT2D eigenvalue weighted by Crippen LogP contribution is 2.39. The van der Waals surface area contributed by atoms with E-state index >= 15 is 0 Å². The first kappa shape index (κ1) is 35.7. The fourth-order valence-corrected chi connectivity index (χ4v) is 5.43. The first-order chi connectivity index (χ1) is 23.5. The van der Waals surface area contributed by atoms with Crippen molar-refractivity contribution in [3.05, 3.63) is 108 Å². The maximum Gasteiger partial charge on any atom is 0.455 e. The van der Waals surface area contributed by atoms with Crippen molar-refractivity contribution in [2.24, 2.45) is 11.1 Å². The van der Waals surface area contributed by atoms with Crippen LogP contribution in [0.1, 0.15) is 37.1 Å². The molecule has 9 nitrogen and oxygen atoms in total. The van der Waals surface area contributed by atoms with Gasteiger partial charge >= 0.3 is 12.1 Å². The minimum Gasteiger partial charge on any atom is -0.349 e. The van der Waals surface area contributed by atoms with Gasteiger partial charge in [0.15, 0.2) is 0 Å². The van der Waals surface area contributed by atoms with Crippen LogP contribution >= 0.6 is 0 Å². The van der Waals surface area contributed by atoms with E-state index in [-0.39, 0.29) is 5.91 Å². The Kier molecular flexibility index (Phi) is 9.78. The summed E-state index contributed by atoms with van der Waals surface area (Å²) in [6.07, 6.45) is -5.86. The van der Waals surface area contributed by atoms with Gasteiger partial charge in [0.25, 0.3) is 5.91 Å². The van der Waals surface area contributed by atoms with Crippen LogP contribution in [0.5, 0.6) is 0 Å². The topological polar surface area (TPSA) is 142 Å². The number of halogens is 5. The van der Waals surface area contributed by atoms with Gasteiger partial charge in [0.1, 0.15) is 17.5 Å². The van der Waals surface area contributed by atoms with Crippen LogP contribution in [0.2, 0.25) is 0 Å². The molecule has 0 bridgehead atoms. The van der Waals surface area contributed by atoms with Gasteiger partial charge in [0.05, 0.1) is 6.54 Å². The van der Waals surface area contributed by atoms with E-state index in [2.05, 4.69) is 16.0 Å². The number of hydrogen-bond acceptors (Lipinski definition) is 5. The molecule has 4 amide bonds. The Hall–Kier alpha value is -5.63. The van der Waals surface area contributed by atoms with Gasteiger partial charge in [0, 0.05) is 22.5 Å². The lowest BCUT2D eigenvalue weighted by molar-refractivity contribution is -0.278. The van der Waals surface area contributed by atoms with Crippen LogP contribution in [0.25, 0.3) is 22.3 Å². The zero-order chi connectivity index (χ0) is 36.4. The molecule has 0 spiro atoms. The zero-order valence-electron chi connectivity index (χ0n) is 26.7. The molecule has 0 saturated heterocycles. The number of nitrogens with two attached hydrogens (primary N) is 1. The predicted octanol–water partition coefficient (Wildman–Crippen LogP) is 6.11. The molecule has 4 aromatic rings. The summed E-state index contributed by atoms with van der Waals surface area (Å²) in [6, 6.07) is 27.3. The number of rotatable bonds is 5. The minimum atomic E-state index is -5.86. The number of alkyl halides is 5. The summed E-state index contributed by atoms with van der Waals surface area (Å²) in [5.41, 5.74) is 9.89. The molecule has 6 rings (SSSR count). The van der Waals surface area contributed by atoms with Gasteiger partial charge in [-0.3, -0.25) is 19.2 Å². The molecule has 0 unspecified atom stereocenters. The Bertz CT molecular complexity index is 1960. The van der Waals surface area contributed by atoms with E-state index in [4.69, 9.17) is 5.73 Å². The van der Waals surface area contributed by atoms with Crippen molar-refractivity contribution in [3.63, 3.8) is 0 Å². The SMILES string of the molecule is CC(C)(C(=O)NCC(F)(F)C(F)(F)F)C(=O)N[C@@H]1C(=O)Nc2ccccc2-c2ccccc21.N[C@@H]1C(=O)Nc2ccccc2-c2ccccc21. The second-order valence-corrected chi connectivity index (χ2v) is 12.1. The molecule has 0 saturated carbocycles. The summed E-state index contributed by atoms with van der Waals surface area (Å²) < 4.78 is 63.4. The molecule has 50 heavy (non-hydrogen) atoms. The monoisotopic (exact) mass is 693 g/mol. The minimum absolute atomic E-state index is 0.164. The number of fused-ring (bicyclic) bond motifs is 6. The van der Waals surface area contributed by atoms with Crippen LogP contribution in [-0.4, -0.2) is 42.3 Å². The molecule has 2 heterocycles. The smallest absolute Gasteiger partial charge is 0.349 e. The Morgan fingerprint density at radius 3 is 1.64 bits per heavy atom. The Morgan fingerprint density at radius 2 is 1.10 bits per heavy atom. The molecule has 0 aromatic heterocycles. The standard InChI is InChI=1S/C22H20F5N3O3.C14H12N2O/c1-20(2,18(32)28-11-21(23,24)22(25,26)27)19(33)30-16-14-9-4-3-7-12(14)13-8-5-6-10-15(13)29-17(16)31;15-13-11-7-2-1-5-9(11)10-6-3-4-8-12(10)16-14(13)17/h3-10,16H,11H2,1-2H3,(H,28,32)(H,29,31)(H,30,33);1-8,13H,15H2,(H,16,17)/t16-;13-/m00/s1. The number of carbonyl (C=O) groups excluding carboxylic acids is 4. The van der Waals surface area contributed by atoms with E-state index < -0.39 is 53.9 Å². The third kappa shape index (κ3) is 7.06.